The summed E-state index contributed by atoms with van der Waals surface area (Å²) < 4.78 is 28.1. The Morgan fingerprint density at radius 3 is 2.31 bits per heavy atom. The molecule has 1 saturated heterocycles. The summed E-state index contributed by atoms with van der Waals surface area (Å²) in [7, 11) is -3.93. The van der Waals surface area contributed by atoms with Crippen molar-refractivity contribution < 1.29 is 18.0 Å². The Morgan fingerprint density at radius 2 is 1.69 bits per heavy atom. The summed E-state index contributed by atoms with van der Waals surface area (Å²) >= 11 is 0. The van der Waals surface area contributed by atoms with Gasteiger partial charge in [-0.1, -0.05) is 36.4 Å². The minimum absolute atomic E-state index is 0.0162. The Balaban J connectivity index is 1.74. The summed E-state index contributed by atoms with van der Waals surface area (Å²) in [6, 6.07) is 19.9. The molecule has 1 aromatic heterocycles. The zero-order chi connectivity index (χ0) is 22.7. The monoisotopic (exact) mass is 447 g/mol. The van der Waals surface area contributed by atoms with Gasteiger partial charge in [-0.2, -0.15) is 4.31 Å². The molecule has 4 rings (SSSR count). The van der Waals surface area contributed by atoms with E-state index in [1.807, 2.05) is 30.3 Å². The van der Waals surface area contributed by atoms with Gasteiger partial charge in [-0.3, -0.25) is 14.6 Å². The van der Waals surface area contributed by atoms with Crippen LogP contribution in [0, 0.1) is 0 Å². The molecular weight excluding hydrogens is 426 g/mol. The highest BCUT2D eigenvalue weighted by atomic mass is 32.2. The van der Waals surface area contributed by atoms with Crippen molar-refractivity contribution in [2.45, 2.75) is 10.8 Å². The fourth-order valence-corrected chi connectivity index (χ4v) is 5.10. The number of amides is 1. The Kier molecular flexibility index (Phi) is 5.98. The average Bonchev–Trinajstić information content (AvgIpc) is 2.81. The van der Waals surface area contributed by atoms with Crippen molar-refractivity contribution >= 4 is 27.8 Å². The lowest BCUT2D eigenvalue weighted by Gasteiger charge is -2.33. The number of rotatable bonds is 5. The molecule has 7 nitrogen and oxygen atoms in total. The Bertz CT molecular complexity index is 1270. The number of carbonyl (C=O) groups is 2. The van der Waals surface area contributed by atoms with Crippen LogP contribution in [0.1, 0.15) is 27.5 Å². The van der Waals surface area contributed by atoms with Gasteiger partial charge in [0.1, 0.15) is 0 Å². The first-order valence-corrected chi connectivity index (χ1v) is 11.4. The van der Waals surface area contributed by atoms with E-state index >= 15 is 0 Å². The van der Waals surface area contributed by atoms with Gasteiger partial charge in [-0.15, -0.1) is 0 Å². The first-order chi connectivity index (χ1) is 15.4. The number of hydrogen-bond donors (Lipinski definition) is 1. The SMILES string of the molecule is NC(=O)c1ccc(S(=O)(=O)N2C/C(=C/c3ccccn3)C(=O)C(c3ccccc3)C2)cc1. The van der Waals surface area contributed by atoms with E-state index in [0.717, 1.165) is 5.56 Å². The van der Waals surface area contributed by atoms with Crippen LogP contribution in [0.15, 0.2) is 89.5 Å². The summed E-state index contributed by atoms with van der Waals surface area (Å²) in [5, 5.41) is 0. The molecule has 1 fully saturated rings. The third-order valence-electron chi connectivity index (χ3n) is 5.35. The number of piperidine rings is 1. The number of pyridine rings is 1. The van der Waals surface area contributed by atoms with E-state index in [1.54, 1.807) is 30.5 Å². The number of sulfonamides is 1. The maximum atomic E-state index is 13.4. The van der Waals surface area contributed by atoms with Gasteiger partial charge in [-0.25, -0.2) is 8.42 Å². The number of aromatic nitrogens is 1. The van der Waals surface area contributed by atoms with E-state index in [4.69, 9.17) is 5.73 Å². The molecule has 1 atom stereocenters. The molecule has 1 aliphatic heterocycles. The molecule has 162 valence electrons. The van der Waals surface area contributed by atoms with Crippen LogP contribution >= 0.6 is 0 Å². The molecule has 32 heavy (non-hydrogen) atoms. The topological polar surface area (TPSA) is 110 Å². The van der Waals surface area contributed by atoms with E-state index < -0.39 is 21.8 Å². The number of ketones is 1. The minimum atomic E-state index is -3.93. The highest BCUT2D eigenvalue weighted by molar-refractivity contribution is 7.89. The normalized spacial score (nSPS) is 18.6. The number of benzene rings is 2. The maximum absolute atomic E-state index is 13.4. The molecule has 1 aliphatic rings. The molecule has 2 aromatic carbocycles. The predicted octanol–water partition coefficient (Wildman–Crippen LogP) is 2.62. The minimum Gasteiger partial charge on any atom is -0.366 e. The van der Waals surface area contributed by atoms with E-state index in [0.29, 0.717) is 11.3 Å². The molecule has 1 amide bonds. The summed E-state index contributed by atoms with van der Waals surface area (Å²) in [4.78, 5) is 28.9. The quantitative estimate of drug-likeness (QED) is 0.605. The lowest BCUT2D eigenvalue weighted by Crippen LogP contribution is -2.44. The molecule has 0 saturated carbocycles. The van der Waals surface area contributed by atoms with Crippen LogP contribution < -0.4 is 5.73 Å². The van der Waals surface area contributed by atoms with Crippen LogP contribution in [-0.2, 0) is 14.8 Å². The van der Waals surface area contributed by atoms with Crippen molar-refractivity contribution in [3.05, 3.63) is 101 Å². The molecule has 3 aromatic rings. The van der Waals surface area contributed by atoms with Crippen molar-refractivity contribution in [3.63, 3.8) is 0 Å². The van der Waals surface area contributed by atoms with E-state index in [1.165, 1.54) is 28.6 Å². The van der Waals surface area contributed by atoms with Crippen LogP contribution in [0.2, 0.25) is 0 Å². The Labute approximate surface area is 186 Å². The second-order valence-corrected chi connectivity index (χ2v) is 9.38. The highest BCUT2D eigenvalue weighted by Gasteiger charge is 2.38. The number of carbonyl (C=O) groups excluding carboxylic acids is 2. The lowest BCUT2D eigenvalue weighted by atomic mass is 9.87. The molecule has 0 radical (unpaired) electrons. The maximum Gasteiger partial charge on any atom is 0.248 e. The predicted molar refractivity (Wildman–Crippen MR) is 120 cm³/mol. The summed E-state index contributed by atoms with van der Waals surface area (Å²) in [6.07, 6.45) is 3.25. The number of hydrogen-bond acceptors (Lipinski definition) is 5. The number of nitrogens with zero attached hydrogens (tertiary/aromatic N) is 2. The van der Waals surface area contributed by atoms with Gasteiger partial charge >= 0.3 is 0 Å². The van der Waals surface area contributed by atoms with Crippen molar-refractivity contribution in [2.24, 2.45) is 5.73 Å². The third kappa shape index (κ3) is 4.37. The summed E-state index contributed by atoms with van der Waals surface area (Å²) in [5.41, 5.74) is 7.16. The van der Waals surface area contributed by atoms with Crippen LogP contribution in [0.5, 0.6) is 0 Å². The molecule has 2 N–H and O–H groups in total. The molecular formula is C24H21N3O4S. The van der Waals surface area contributed by atoms with Gasteiger partial charge in [0.15, 0.2) is 5.78 Å². The first-order valence-electron chi connectivity index (χ1n) is 9.97. The molecule has 1 unspecified atom stereocenters. The standard InChI is InChI=1S/C24H21N3O4S/c25-24(29)18-9-11-21(12-10-18)32(30,31)27-15-19(14-20-8-4-5-13-26-20)23(28)22(16-27)17-6-2-1-3-7-17/h1-14,22H,15-16H2,(H2,25,29)/b19-14-. The van der Waals surface area contributed by atoms with Crippen LogP contribution in [0.4, 0.5) is 0 Å². The van der Waals surface area contributed by atoms with Crippen LogP contribution in [-0.4, -0.2) is 42.5 Å². The first kappa shape index (κ1) is 21.6. The fraction of sp³-hybridized carbons (Fsp3) is 0.125. The van der Waals surface area contributed by atoms with Crippen LogP contribution in [0.25, 0.3) is 6.08 Å². The second-order valence-electron chi connectivity index (χ2n) is 7.44. The molecule has 2 heterocycles. The molecule has 0 aliphatic carbocycles. The van der Waals surface area contributed by atoms with Crippen molar-refractivity contribution in [3.8, 4) is 0 Å². The molecule has 0 bridgehead atoms. The van der Waals surface area contributed by atoms with Crippen molar-refractivity contribution in [1.82, 2.24) is 9.29 Å². The van der Waals surface area contributed by atoms with Gasteiger partial charge in [-0.05, 0) is 48.0 Å². The summed E-state index contributed by atoms with van der Waals surface area (Å²) in [6.45, 7) is -0.0546. The van der Waals surface area contributed by atoms with Crippen molar-refractivity contribution in [2.75, 3.05) is 13.1 Å². The van der Waals surface area contributed by atoms with E-state index in [2.05, 4.69) is 4.98 Å². The van der Waals surface area contributed by atoms with E-state index in [-0.39, 0.29) is 29.3 Å². The number of primary amides is 1. The van der Waals surface area contributed by atoms with E-state index in [9.17, 15) is 18.0 Å². The smallest absolute Gasteiger partial charge is 0.248 e. The Morgan fingerprint density at radius 1 is 1.00 bits per heavy atom. The van der Waals surface area contributed by atoms with Gasteiger partial charge in [0, 0.05) is 30.4 Å². The largest absolute Gasteiger partial charge is 0.366 e. The van der Waals surface area contributed by atoms with Gasteiger partial charge in [0.25, 0.3) is 0 Å². The van der Waals surface area contributed by atoms with Crippen LogP contribution in [0.3, 0.4) is 0 Å². The fourth-order valence-electron chi connectivity index (χ4n) is 3.66. The number of nitrogens with two attached hydrogens (primary N) is 1. The average molecular weight is 448 g/mol. The highest BCUT2D eigenvalue weighted by Crippen LogP contribution is 2.31. The Hall–Kier alpha value is -3.62. The van der Waals surface area contributed by atoms with Gasteiger partial charge in [0.05, 0.1) is 16.5 Å². The second kappa shape index (κ2) is 8.86. The van der Waals surface area contributed by atoms with Gasteiger partial charge < -0.3 is 5.73 Å². The summed E-state index contributed by atoms with van der Waals surface area (Å²) in [5.74, 6) is -1.40. The zero-order valence-electron chi connectivity index (χ0n) is 17.1. The molecule has 8 heteroatoms. The third-order valence-corrected chi connectivity index (χ3v) is 7.18. The lowest BCUT2D eigenvalue weighted by molar-refractivity contribution is -0.118. The zero-order valence-corrected chi connectivity index (χ0v) is 17.9. The van der Waals surface area contributed by atoms with Gasteiger partial charge in [0.2, 0.25) is 15.9 Å². The number of Topliss-reactive ketones (excluding diaryl/α,β-unsaturated/α-hetero) is 1. The molecule has 0 spiro atoms. The van der Waals surface area contributed by atoms with Crippen molar-refractivity contribution in [1.29, 1.82) is 0 Å².